The smallest absolute Gasteiger partial charge is 0.312 e. The van der Waals surface area contributed by atoms with Crippen LogP contribution in [0.15, 0.2) is 41.3 Å². The van der Waals surface area contributed by atoms with Gasteiger partial charge in [-0.1, -0.05) is 0 Å². The van der Waals surface area contributed by atoms with Gasteiger partial charge in [-0.3, -0.25) is 29.1 Å². The first-order valence-corrected chi connectivity index (χ1v) is 10.7. The molecule has 4 heterocycles. The molecule has 0 saturated carbocycles. The van der Waals surface area contributed by atoms with Gasteiger partial charge in [0.1, 0.15) is 23.8 Å². The molecule has 2 N–H and O–H groups in total. The number of nitrogens with one attached hydrogen (secondary N) is 2. The number of nitrogens with zero attached hydrogens (tertiary/aromatic N) is 7. The molecule has 4 aromatic rings. The predicted octanol–water partition coefficient (Wildman–Crippen LogP) is 2.10. The summed E-state index contributed by atoms with van der Waals surface area (Å²) in [6.07, 6.45) is 4.63. The van der Waals surface area contributed by atoms with Crippen molar-refractivity contribution in [3.05, 3.63) is 75.5 Å². The maximum absolute atomic E-state index is 12.8. The Bertz CT molecular complexity index is 1380. The Morgan fingerprint density at radius 2 is 1.94 bits per heavy atom. The van der Waals surface area contributed by atoms with Crippen molar-refractivity contribution in [3.63, 3.8) is 0 Å². The van der Waals surface area contributed by atoms with E-state index >= 15 is 0 Å². The molecule has 0 atom stereocenters. The van der Waals surface area contributed by atoms with Crippen LogP contribution in [0.2, 0.25) is 0 Å². The maximum Gasteiger partial charge on any atom is 0.312 e. The molecule has 0 aliphatic rings. The largest absolute Gasteiger partial charge is 0.467 e. The highest BCUT2D eigenvalue weighted by Crippen LogP contribution is 2.22. The van der Waals surface area contributed by atoms with E-state index in [0.717, 1.165) is 0 Å². The van der Waals surface area contributed by atoms with Crippen molar-refractivity contribution >= 4 is 23.2 Å². The summed E-state index contributed by atoms with van der Waals surface area (Å²) in [4.78, 5) is 36.2. The Hall–Kier alpha value is -4.75. The molecule has 4 rings (SSSR count). The van der Waals surface area contributed by atoms with Gasteiger partial charge in [0, 0.05) is 18.9 Å². The van der Waals surface area contributed by atoms with Crippen molar-refractivity contribution in [2.75, 3.05) is 5.32 Å². The summed E-state index contributed by atoms with van der Waals surface area (Å²) in [5.74, 6) is -0.434. The fourth-order valence-electron chi connectivity index (χ4n) is 3.48. The van der Waals surface area contributed by atoms with E-state index in [-0.39, 0.29) is 36.0 Å². The van der Waals surface area contributed by atoms with Crippen molar-refractivity contribution in [1.29, 1.82) is 0 Å². The van der Waals surface area contributed by atoms with Gasteiger partial charge in [0.15, 0.2) is 11.4 Å². The fraction of sp³-hybridized carbons (Fsp3) is 0.286. The molecule has 0 aliphatic carbocycles. The number of hydrogen-bond acceptors (Lipinski definition) is 8. The van der Waals surface area contributed by atoms with E-state index in [1.54, 1.807) is 38.4 Å². The number of nitro groups is 1. The summed E-state index contributed by atoms with van der Waals surface area (Å²) in [7, 11) is 0. The first-order chi connectivity index (χ1) is 16.8. The number of aromatic nitrogens is 6. The standard InChI is InChI=1S/C21H23N9O5/c1-4-27-11-17(18(26-27)21(32)22-10-15-6-5-9-35-15)23-20(31)16-7-8-28(25-16)12-29-14(3)19(30(33)34)13(2)24-29/h5-9,11H,4,10,12H2,1-3H3,(H,22,32)(H,23,31). The minimum atomic E-state index is -0.543. The van der Waals surface area contributed by atoms with Crippen molar-refractivity contribution < 1.29 is 18.9 Å². The van der Waals surface area contributed by atoms with E-state index in [0.29, 0.717) is 23.7 Å². The zero-order valence-corrected chi connectivity index (χ0v) is 19.3. The van der Waals surface area contributed by atoms with E-state index in [9.17, 15) is 19.7 Å². The molecule has 0 fully saturated rings. The molecule has 0 aliphatic heterocycles. The van der Waals surface area contributed by atoms with E-state index in [4.69, 9.17) is 4.42 Å². The van der Waals surface area contributed by atoms with Crippen LogP contribution in [0.1, 0.15) is 45.0 Å². The number of aryl methyl sites for hydroxylation is 2. The third kappa shape index (κ3) is 4.95. The highest BCUT2D eigenvalue weighted by molar-refractivity contribution is 6.07. The van der Waals surface area contributed by atoms with Gasteiger partial charge in [0.05, 0.1) is 23.4 Å². The van der Waals surface area contributed by atoms with E-state index in [2.05, 4.69) is 25.9 Å². The molecular formula is C21H23N9O5. The molecule has 35 heavy (non-hydrogen) atoms. The van der Waals surface area contributed by atoms with Crippen LogP contribution in [0, 0.1) is 24.0 Å². The number of anilines is 1. The summed E-state index contributed by atoms with van der Waals surface area (Å²) in [5.41, 5.74) is 1.00. The third-order valence-corrected chi connectivity index (χ3v) is 5.23. The van der Waals surface area contributed by atoms with E-state index in [1.807, 2.05) is 6.92 Å². The van der Waals surface area contributed by atoms with E-state index in [1.165, 1.54) is 26.4 Å². The zero-order chi connectivity index (χ0) is 25.1. The van der Waals surface area contributed by atoms with Crippen LogP contribution in [0.25, 0.3) is 0 Å². The molecule has 0 saturated heterocycles. The molecule has 2 amide bonds. The van der Waals surface area contributed by atoms with Gasteiger partial charge < -0.3 is 15.1 Å². The lowest BCUT2D eigenvalue weighted by molar-refractivity contribution is -0.386. The molecule has 0 bridgehead atoms. The maximum atomic E-state index is 12.8. The molecular weight excluding hydrogens is 458 g/mol. The summed E-state index contributed by atoms with van der Waals surface area (Å²) < 4.78 is 9.62. The average Bonchev–Trinajstić information content (AvgIpc) is 3.60. The third-order valence-electron chi connectivity index (χ3n) is 5.23. The molecule has 14 heteroatoms. The summed E-state index contributed by atoms with van der Waals surface area (Å²) in [6, 6.07) is 4.94. The minimum absolute atomic E-state index is 0.0547. The lowest BCUT2D eigenvalue weighted by Gasteiger charge is -2.05. The van der Waals surface area contributed by atoms with Crippen molar-refractivity contribution in [3.8, 4) is 0 Å². The number of carbonyl (C=O) groups is 2. The molecule has 14 nitrogen and oxygen atoms in total. The SMILES string of the molecule is CCn1cc(NC(=O)c2ccn(Cn3nc(C)c([N+](=O)[O-])c3C)n2)c(C(=O)NCc2ccco2)n1. The second-order valence-corrected chi connectivity index (χ2v) is 7.62. The number of hydrogen-bond donors (Lipinski definition) is 2. The van der Waals surface area contributed by atoms with Crippen LogP contribution in [0.3, 0.4) is 0 Å². The number of rotatable bonds is 9. The quantitative estimate of drug-likeness (QED) is 0.271. The first kappa shape index (κ1) is 23.4. The Morgan fingerprint density at radius 3 is 2.60 bits per heavy atom. The Balaban J connectivity index is 1.47. The van der Waals surface area contributed by atoms with Gasteiger partial charge in [0.2, 0.25) is 0 Å². The van der Waals surface area contributed by atoms with E-state index < -0.39 is 16.7 Å². The van der Waals surface area contributed by atoms with Crippen LogP contribution in [-0.2, 0) is 19.8 Å². The molecule has 0 radical (unpaired) electrons. The second kappa shape index (κ2) is 9.62. The Morgan fingerprint density at radius 1 is 1.14 bits per heavy atom. The predicted molar refractivity (Wildman–Crippen MR) is 122 cm³/mol. The number of amides is 2. The number of furan rings is 1. The summed E-state index contributed by atoms with van der Waals surface area (Å²) in [6.45, 7) is 5.77. The highest BCUT2D eigenvalue weighted by atomic mass is 16.6. The van der Waals surface area contributed by atoms with Gasteiger partial charge in [0.25, 0.3) is 11.8 Å². The van der Waals surface area contributed by atoms with Gasteiger partial charge in [-0.05, 0) is 39.0 Å². The van der Waals surface area contributed by atoms with Gasteiger partial charge >= 0.3 is 5.69 Å². The molecule has 0 aromatic carbocycles. The summed E-state index contributed by atoms with van der Waals surface area (Å²) >= 11 is 0. The summed E-state index contributed by atoms with van der Waals surface area (Å²) in [5, 5.41) is 29.2. The van der Waals surface area contributed by atoms with Crippen molar-refractivity contribution in [2.45, 2.75) is 40.5 Å². The molecule has 182 valence electrons. The Labute approximate surface area is 198 Å². The van der Waals surface area contributed by atoms with Crippen molar-refractivity contribution in [1.82, 2.24) is 34.7 Å². The van der Waals surface area contributed by atoms with Crippen LogP contribution < -0.4 is 10.6 Å². The van der Waals surface area contributed by atoms with Crippen LogP contribution in [0.4, 0.5) is 11.4 Å². The van der Waals surface area contributed by atoms with Crippen LogP contribution in [-0.4, -0.2) is 46.1 Å². The van der Waals surface area contributed by atoms with Gasteiger partial charge in [-0.2, -0.15) is 15.3 Å². The van der Waals surface area contributed by atoms with Gasteiger partial charge in [-0.15, -0.1) is 0 Å². The fourth-order valence-corrected chi connectivity index (χ4v) is 3.48. The normalized spacial score (nSPS) is 10.9. The second-order valence-electron chi connectivity index (χ2n) is 7.62. The highest BCUT2D eigenvalue weighted by Gasteiger charge is 2.23. The molecule has 0 spiro atoms. The zero-order valence-electron chi connectivity index (χ0n) is 19.3. The topological polar surface area (TPSA) is 168 Å². The average molecular weight is 481 g/mol. The molecule has 0 unspecified atom stereocenters. The Kier molecular flexibility index (Phi) is 6.44. The van der Waals surface area contributed by atoms with Crippen molar-refractivity contribution in [2.24, 2.45) is 0 Å². The van der Waals surface area contributed by atoms with Gasteiger partial charge in [-0.25, -0.2) is 4.68 Å². The minimum Gasteiger partial charge on any atom is -0.467 e. The monoisotopic (exact) mass is 481 g/mol. The van der Waals surface area contributed by atoms with Crippen LogP contribution in [0.5, 0.6) is 0 Å². The number of carbonyl (C=O) groups excluding carboxylic acids is 2. The first-order valence-electron chi connectivity index (χ1n) is 10.7. The molecule has 4 aromatic heterocycles. The van der Waals surface area contributed by atoms with Crippen LogP contribution >= 0.6 is 0 Å². The lowest BCUT2D eigenvalue weighted by atomic mass is 10.3. The lowest BCUT2D eigenvalue weighted by Crippen LogP contribution is -2.25.